The number of hydrogen-bond acceptors (Lipinski definition) is 2. The van der Waals surface area contributed by atoms with Crippen LogP contribution < -0.4 is 0 Å². The summed E-state index contributed by atoms with van der Waals surface area (Å²) in [7, 11) is 0. The molecule has 1 aliphatic rings. The molecule has 128 valence electrons. The molecule has 3 aromatic rings. The van der Waals surface area contributed by atoms with Crippen molar-refractivity contribution in [1.82, 2.24) is 9.47 Å². The van der Waals surface area contributed by atoms with E-state index in [2.05, 4.69) is 93.2 Å². The lowest BCUT2D eigenvalue weighted by Gasteiger charge is -2.22. The highest BCUT2D eigenvalue weighted by Gasteiger charge is 2.27. The van der Waals surface area contributed by atoms with Crippen molar-refractivity contribution in [2.75, 3.05) is 13.2 Å². The predicted octanol–water partition coefficient (Wildman–Crippen LogP) is 5.08. The Morgan fingerprint density at radius 2 is 2.00 bits per heavy atom. The highest BCUT2D eigenvalue weighted by molar-refractivity contribution is 9.10. The molecule has 0 bridgehead atoms. The van der Waals surface area contributed by atoms with Crippen LogP contribution >= 0.6 is 15.9 Å². The lowest BCUT2D eigenvalue weighted by Crippen LogP contribution is -2.23. The van der Waals surface area contributed by atoms with Crippen LogP contribution in [0.15, 0.2) is 71.5 Å². The van der Waals surface area contributed by atoms with E-state index in [1.807, 2.05) is 6.07 Å². The van der Waals surface area contributed by atoms with E-state index >= 15 is 0 Å². The van der Waals surface area contributed by atoms with Crippen LogP contribution in [0.25, 0.3) is 5.69 Å². The van der Waals surface area contributed by atoms with Crippen molar-refractivity contribution < 1.29 is 4.74 Å². The molecule has 2 heterocycles. The van der Waals surface area contributed by atoms with Crippen LogP contribution in [0.4, 0.5) is 0 Å². The van der Waals surface area contributed by atoms with Gasteiger partial charge in [0, 0.05) is 41.2 Å². The minimum absolute atomic E-state index is 0.0221. The molecule has 0 amide bonds. The maximum absolute atomic E-state index is 6.03. The Morgan fingerprint density at radius 3 is 2.84 bits per heavy atom. The molecular weight excluding hydrogens is 376 g/mol. The fourth-order valence-electron chi connectivity index (χ4n) is 3.37. The monoisotopic (exact) mass is 396 g/mol. The zero-order valence-corrected chi connectivity index (χ0v) is 15.8. The van der Waals surface area contributed by atoms with Gasteiger partial charge in [-0.2, -0.15) is 0 Å². The molecular formula is C21H21BrN2O. The number of aryl methyl sites for hydroxylation is 1. The maximum atomic E-state index is 6.03. The minimum atomic E-state index is 0.0221. The van der Waals surface area contributed by atoms with Gasteiger partial charge in [-0.1, -0.05) is 51.8 Å². The van der Waals surface area contributed by atoms with E-state index in [-0.39, 0.29) is 6.23 Å². The van der Waals surface area contributed by atoms with Crippen LogP contribution in [0.3, 0.4) is 0 Å². The average molecular weight is 397 g/mol. The summed E-state index contributed by atoms with van der Waals surface area (Å²) in [6.45, 7) is 4.78. The third-order valence-electron chi connectivity index (χ3n) is 4.56. The normalized spacial score (nSPS) is 17.9. The van der Waals surface area contributed by atoms with E-state index in [0.29, 0.717) is 0 Å². The summed E-state index contributed by atoms with van der Waals surface area (Å²) in [5, 5.41) is 0. The number of halogens is 1. The van der Waals surface area contributed by atoms with Crippen LogP contribution in [0, 0.1) is 6.92 Å². The van der Waals surface area contributed by atoms with Gasteiger partial charge in [-0.05, 0) is 36.8 Å². The Labute approximate surface area is 157 Å². The van der Waals surface area contributed by atoms with Gasteiger partial charge in [0.1, 0.15) is 6.23 Å². The minimum Gasteiger partial charge on any atom is -0.357 e. The van der Waals surface area contributed by atoms with Crippen LogP contribution in [-0.2, 0) is 11.3 Å². The third-order valence-corrected chi connectivity index (χ3v) is 5.05. The number of rotatable bonds is 4. The lowest BCUT2D eigenvalue weighted by atomic mass is 10.1. The van der Waals surface area contributed by atoms with Gasteiger partial charge in [0.15, 0.2) is 0 Å². The summed E-state index contributed by atoms with van der Waals surface area (Å²) in [5.74, 6) is 0. The van der Waals surface area contributed by atoms with Crippen molar-refractivity contribution in [3.05, 3.63) is 88.2 Å². The zero-order chi connectivity index (χ0) is 17.2. The standard InChI is InChI=1S/C21H21BrN2O/c1-16-4-2-5-17(12-16)14-24-10-11-25-21(24)18-8-9-23(15-18)20-7-3-6-19(22)13-20/h2-9,12-13,15,21H,10-11,14H2,1H3. The van der Waals surface area contributed by atoms with Crippen molar-refractivity contribution in [2.24, 2.45) is 0 Å². The molecule has 0 aliphatic carbocycles. The topological polar surface area (TPSA) is 17.4 Å². The molecule has 4 rings (SSSR count). The molecule has 1 aliphatic heterocycles. The van der Waals surface area contributed by atoms with E-state index in [4.69, 9.17) is 4.74 Å². The predicted molar refractivity (Wildman–Crippen MR) is 104 cm³/mol. The highest BCUT2D eigenvalue weighted by Crippen LogP contribution is 2.29. The Bertz CT molecular complexity index is 874. The zero-order valence-electron chi connectivity index (χ0n) is 14.2. The summed E-state index contributed by atoms with van der Waals surface area (Å²) in [6, 6.07) is 19.2. The molecule has 0 saturated carbocycles. The fourth-order valence-corrected chi connectivity index (χ4v) is 3.76. The molecule has 0 N–H and O–H groups in total. The molecule has 3 nitrogen and oxygen atoms in total. The quantitative estimate of drug-likeness (QED) is 0.611. The highest BCUT2D eigenvalue weighted by atomic mass is 79.9. The Kier molecular flexibility index (Phi) is 4.75. The summed E-state index contributed by atoms with van der Waals surface area (Å²) >= 11 is 3.54. The van der Waals surface area contributed by atoms with Gasteiger partial charge in [-0.3, -0.25) is 4.90 Å². The summed E-state index contributed by atoms with van der Waals surface area (Å²) in [4.78, 5) is 2.40. The number of nitrogens with zero attached hydrogens (tertiary/aromatic N) is 2. The van der Waals surface area contributed by atoms with E-state index < -0.39 is 0 Å². The van der Waals surface area contributed by atoms with Crippen LogP contribution in [0.5, 0.6) is 0 Å². The van der Waals surface area contributed by atoms with Gasteiger partial charge in [0.2, 0.25) is 0 Å². The van der Waals surface area contributed by atoms with Crippen LogP contribution in [-0.4, -0.2) is 22.6 Å². The molecule has 2 aromatic carbocycles. The Hall–Kier alpha value is -1.88. The molecule has 1 fully saturated rings. The number of benzene rings is 2. The van der Waals surface area contributed by atoms with Gasteiger partial charge in [0.05, 0.1) is 6.61 Å². The Balaban J connectivity index is 1.54. The SMILES string of the molecule is Cc1cccc(CN2CCOC2c2ccn(-c3cccc(Br)c3)c2)c1. The van der Waals surface area contributed by atoms with Crippen molar-refractivity contribution >= 4 is 15.9 Å². The van der Waals surface area contributed by atoms with Crippen molar-refractivity contribution in [3.8, 4) is 5.69 Å². The van der Waals surface area contributed by atoms with Crippen molar-refractivity contribution in [1.29, 1.82) is 0 Å². The molecule has 1 aromatic heterocycles. The van der Waals surface area contributed by atoms with Crippen LogP contribution in [0.2, 0.25) is 0 Å². The summed E-state index contributed by atoms with van der Waals surface area (Å²) < 4.78 is 9.26. The lowest BCUT2D eigenvalue weighted by molar-refractivity contribution is 0.0288. The van der Waals surface area contributed by atoms with Crippen LogP contribution in [0.1, 0.15) is 22.9 Å². The molecule has 0 radical (unpaired) electrons. The second-order valence-electron chi connectivity index (χ2n) is 6.51. The molecule has 4 heteroatoms. The molecule has 25 heavy (non-hydrogen) atoms. The molecule has 1 unspecified atom stereocenters. The van der Waals surface area contributed by atoms with Gasteiger partial charge < -0.3 is 9.30 Å². The second kappa shape index (κ2) is 7.16. The fraction of sp³-hybridized carbons (Fsp3) is 0.238. The summed E-state index contributed by atoms with van der Waals surface area (Å²) in [6.07, 6.45) is 4.29. The number of aromatic nitrogens is 1. The molecule has 1 atom stereocenters. The largest absolute Gasteiger partial charge is 0.357 e. The van der Waals surface area contributed by atoms with Crippen molar-refractivity contribution in [2.45, 2.75) is 19.7 Å². The Morgan fingerprint density at radius 1 is 1.12 bits per heavy atom. The van der Waals surface area contributed by atoms with E-state index in [0.717, 1.165) is 29.9 Å². The smallest absolute Gasteiger partial charge is 0.138 e. The van der Waals surface area contributed by atoms with Gasteiger partial charge in [0.25, 0.3) is 0 Å². The average Bonchev–Trinajstić information content (AvgIpc) is 3.24. The molecule has 1 saturated heterocycles. The first-order valence-electron chi connectivity index (χ1n) is 8.54. The van der Waals surface area contributed by atoms with Gasteiger partial charge >= 0.3 is 0 Å². The first-order chi connectivity index (χ1) is 12.2. The number of ether oxygens (including phenoxy) is 1. The van der Waals surface area contributed by atoms with E-state index in [1.165, 1.54) is 16.7 Å². The van der Waals surface area contributed by atoms with Gasteiger partial charge in [-0.25, -0.2) is 0 Å². The summed E-state index contributed by atoms with van der Waals surface area (Å²) in [5.41, 5.74) is 4.98. The molecule has 0 spiro atoms. The van der Waals surface area contributed by atoms with E-state index in [9.17, 15) is 0 Å². The van der Waals surface area contributed by atoms with Gasteiger partial charge in [-0.15, -0.1) is 0 Å². The first-order valence-corrected chi connectivity index (χ1v) is 9.33. The first kappa shape index (κ1) is 16.6. The maximum Gasteiger partial charge on any atom is 0.138 e. The van der Waals surface area contributed by atoms with Crippen molar-refractivity contribution in [3.63, 3.8) is 0 Å². The second-order valence-corrected chi connectivity index (χ2v) is 7.43. The number of hydrogen-bond donors (Lipinski definition) is 0. The third kappa shape index (κ3) is 3.71. The van der Waals surface area contributed by atoms with E-state index in [1.54, 1.807) is 0 Å².